The summed E-state index contributed by atoms with van der Waals surface area (Å²) in [6, 6.07) is 18.3. The van der Waals surface area contributed by atoms with Crippen molar-refractivity contribution in [3.63, 3.8) is 0 Å². The van der Waals surface area contributed by atoms with Gasteiger partial charge in [-0.05, 0) is 47.4 Å². The van der Waals surface area contributed by atoms with Gasteiger partial charge in [-0.1, -0.05) is 55.5 Å². The minimum absolute atomic E-state index is 0.126. The summed E-state index contributed by atoms with van der Waals surface area (Å²) in [7, 11) is 3.42. The molecule has 3 aromatic carbocycles. The van der Waals surface area contributed by atoms with Gasteiger partial charge in [0.2, 0.25) is 0 Å². The first-order valence-electron chi connectivity index (χ1n) is 12.6. The molecule has 220 valence electrons. The summed E-state index contributed by atoms with van der Waals surface area (Å²) >= 11 is 0. The normalized spacial score (nSPS) is 11.3. The predicted octanol–water partition coefficient (Wildman–Crippen LogP) is 5.79. The van der Waals surface area contributed by atoms with Crippen LogP contribution in [0.4, 0.5) is 18.9 Å². The number of halogens is 3. The van der Waals surface area contributed by atoms with Gasteiger partial charge in [0.1, 0.15) is 11.3 Å². The highest BCUT2D eigenvalue weighted by Crippen LogP contribution is 2.28. The van der Waals surface area contributed by atoms with Crippen LogP contribution in [-0.4, -0.2) is 62.8 Å². The number of anilines is 1. The van der Waals surface area contributed by atoms with Gasteiger partial charge in [-0.3, -0.25) is 4.79 Å². The largest absolute Gasteiger partial charge is 0.490 e. The lowest BCUT2D eigenvalue weighted by atomic mass is 9.99. The fourth-order valence-corrected chi connectivity index (χ4v) is 4.06. The second-order valence-corrected chi connectivity index (χ2v) is 9.35. The molecule has 0 aliphatic heterocycles. The minimum Gasteiger partial charge on any atom is -0.478 e. The van der Waals surface area contributed by atoms with Crippen LogP contribution in [-0.2, 0) is 11.3 Å². The van der Waals surface area contributed by atoms with Crippen LogP contribution in [0.25, 0.3) is 28.2 Å². The highest BCUT2D eigenvalue weighted by Gasteiger charge is 2.38. The van der Waals surface area contributed by atoms with Crippen molar-refractivity contribution in [3.8, 4) is 11.1 Å². The molecule has 4 N–H and O–H groups in total. The Bertz CT molecular complexity index is 1640. The maximum Gasteiger partial charge on any atom is 0.490 e. The van der Waals surface area contributed by atoms with Crippen molar-refractivity contribution in [1.29, 1.82) is 0 Å². The number of aromatic nitrogens is 2. The number of carbonyl (C=O) groups is 3. The van der Waals surface area contributed by atoms with Gasteiger partial charge in [0.05, 0.1) is 16.8 Å². The van der Waals surface area contributed by atoms with Gasteiger partial charge in [0.25, 0.3) is 5.91 Å². The number of hydrogen-bond donors (Lipinski definition) is 3. The van der Waals surface area contributed by atoms with Crippen molar-refractivity contribution in [2.45, 2.75) is 26.1 Å². The summed E-state index contributed by atoms with van der Waals surface area (Å²) in [6.07, 6.45) is -0.225. The molecule has 0 aliphatic carbocycles. The van der Waals surface area contributed by atoms with Crippen LogP contribution >= 0.6 is 0 Å². The Kier molecular flexibility index (Phi) is 9.74. The summed E-state index contributed by atoms with van der Waals surface area (Å²) < 4.78 is 33.8. The lowest BCUT2D eigenvalue weighted by Crippen LogP contribution is -2.21. The third-order valence-electron chi connectivity index (χ3n) is 6.07. The first-order chi connectivity index (χ1) is 19.7. The molecule has 12 heteroatoms. The quantitative estimate of drug-likeness (QED) is 0.235. The number of hydrogen-bond acceptors (Lipinski definition) is 5. The molecule has 0 atom stereocenters. The van der Waals surface area contributed by atoms with Crippen LogP contribution < -0.4 is 5.73 Å². The number of carboxylic acid groups (broad SMARTS) is 2. The van der Waals surface area contributed by atoms with Gasteiger partial charge in [-0.2, -0.15) is 13.2 Å². The first-order valence-corrected chi connectivity index (χ1v) is 12.6. The van der Waals surface area contributed by atoms with Crippen molar-refractivity contribution in [2.75, 3.05) is 19.8 Å². The summed E-state index contributed by atoms with van der Waals surface area (Å²) in [6.45, 7) is 2.57. The molecule has 4 aromatic rings. The van der Waals surface area contributed by atoms with Crippen LogP contribution in [0.1, 0.15) is 45.4 Å². The van der Waals surface area contributed by atoms with Gasteiger partial charge < -0.3 is 25.4 Å². The van der Waals surface area contributed by atoms with Gasteiger partial charge in [0.15, 0.2) is 0 Å². The maximum absolute atomic E-state index is 12.6. The molecule has 0 spiro atoms. The zero-order valence-corrected chi connectivity index (χ0v) is 23.0. The molecule has 9 nitrogen and oxygen atoms in total. The lowest BCUT2D eigenvalue weighted by molar-refractivity contribution is -0.192. The second-order valence-electron chi connectivity index (χ2n) is 9.35. The Hall–Kier alpha value is -5.13. The first kappa shape index (κ1) is 31.4. The van der Waals surface area contributed by atoms with E-state index in [0.29, 0.717) is 28.9 Å². The molecular formula is C30H29F3N4O5. The number of fused-ring (bicyclic) bond motifs is 1. The Balaban J connectivity index is 0.000000616. The number of imidazole rings is 1. The van der Waals surface area contributed by atoms with E-state index in [4.69, 9.17) is 20.6 Å². The minimum atomic E-state index is -5.08. The average Bonchev–Trinajstić information content (AvgIpc) is 3.29. The lowest BCUT2D eigenvalue weighted by Gasteiger charge is -2.13. The number of amides is 1. The number of carboxylic acids is 2. The van der Waals surface area contributed by atoms with Crippen molar-refractivity contribution in [3.05, 3.63) is 89.3 Å². The number of alkyl halides is 3. The van der Waals surface area contributed by atoms with E-state index in [1.807, 2.05) is 59.2 Å². The molecule has 0 fully saturated rings. The van der Waals surface area contributed by atoms with Crippen molar-refractivity contribution in [2.24, 2.45) is 0 Å². The molecule has 0 saturated carbocycles. The van der Waals surface area contributed by atoms with Crippen molar-refractivity contribution in [1.82, 2.24) is 14.5 Å². The zero-order chi connectivity index (χ0) is 31.2. The van der Waals surface area contributed by atoms with Crippen LogP contribution in [0, 0.1) is 0 Å². The Morgan fingerprint density at radius 3 is 2.19 bits per heavy atom. The van der Waals surface area contributed by atoms with E-state index in [0.717, 1.165) is 28.9 Å². The summed E-state index contributed by atoms with van der Waals surface area (Å²) in [5.74, 6) is -3.09. The number of nitrogen functional groups attached to an aromatic ring is 1. The van der Waals surface area contributed by atoms with E-state index >= 15 is 0 Å². The standard InChI is InChI=1S/C28H28N4O3.C2HF3O2/c1-4-5-10-25-30-26-23(29)15-20(27(33)31(2)3)16-24(26)32(25)17-18-11-13-19(14-12-18)21-8-6-7-9-22(21)28(34)35;3-2(4,5)1(6)7/h5-16H,4,17,29H2,1-3H3,(H,34,35);(H,6,7). The number of carbonyl (C=O) groups excluding carboxylic acids is 1. The highest BCUT2D eigenvalue weighted by molar-refractivity contribution is 6.01. The van der Waals surface area contributed by atoms with Crippen LogP contribution in [0.5, 0.6) is 0 Å². The summed E-state index contributed by atoms with van der Waals surface area (Å²) in [5, 5.41) is 16.6. The third-order valence-corrected chi connectivity index (χ3v) is 6.07. The number of allylic oxidation sites excluding steroid dienone is 1. The summed E-state index contributed by atoms with van der Waals surface area (Å²) in [5.41, 5.74) is 11.5. The Morgan fingerprint density at radius 2 is 1.64 bits per heavy atom. The number of benzene rings is 3. The van der Waals surface area contributed by atoms with Crippen LogP contribution in [0.3, 0.4) is 0 Å². The molecule has 0 radical (unpaired) electrons. The van der Waals surface area contributed by atoms with E-state index in [1.165, 1.54) is 4.90 Å². The number of rotatable bonds is 7. The maximum atomic E-state index is 12.6. The second kappa shape index (κ2) is 13.0. The number of aliphatic carboxylic acids is 1. The van der Waals surface area contributed by atoms with E-state index in [1.54, 1.807) is 32.3 Å². The predicted molar refractivity (Wildman–Crippen MR) is 153 cm³/mol. The molecule has 0 unspecified atom stereocenters. The molecule has 1 heterocycles. The van der Waals surface area contributed by atoms with Gasteiger partial charge >= 0.3 is 18.1 Å². The molecule has 1 aromatic heterocycles. The number of nitrogens with zero attached hydrogens (tertiary/aromatic N) is 3. The molecular weight excluding hydrogens is 553 g/mol. The Morgan fingerprint density at radius 1 is 1.02 bits per heavy atom. The van der Waals surface area contributed by atoms with E-state index in [9.17, 15) is 27.9 Å². The zero-order valence-electron chi connectivity index (χ0n) is 23.0. The summed E-state index contributed by atoms with van der Waals surface area (Å²) in [4.78, 5) is 39.4. The number of nitrogens with two attached hydrogens (primary N) is 1. The SMILES string of the molecule is CCC=Cc1nc2c(N)cc(C(=O)N(C)C)cc2n1Cc1ccc(-c2ccccc2C(=O)O)cc1.O=C(O)C(F)(F)F. The highest BCUT2D eigenvalue weighted by atomic mass is 19.4. The molecule has 0 bridgehead atoms. The number of aromatic carboxylic acids is 1. The molecule has 1 amide bonds. The molecule has 0 aliphatic rings. The fourth-order valence-electron chi connectivity index (χ4n) is 4.06. The fraction of sp³-hybridized carbons (Fsp3) is 0.200. The van der Waals surface area contributed by atoms with E-state index in [-0.39, 0.29) is 11.5 Å². The monoisotopic (exact) mass is 582 g/mol. The Labute approximate surface area is 239 Å². The van der Waals surface area contributed by atoms with Crippen LogP contribution in [0.2, 0.25) is 0 Å². The van der Waals surface area contributed by atoms with Gasteiger partial charge in [-0.25, -0.2) is 14.6 Å². The van der Waals surface area contributed by atoms with Gasteiger partial charge in [0, 0.05) is 26.2 Å². The van der Waals surface area contributed by atoms with Gasteiger partial charge in [-0.15, -0.1) is 0 Å². The third kappa shape index (κ3) is 7.33. The van der Waals surface area contributed by atoms with Crippen LogP contribution in [0.15, 0.2) is 66.7 Å². The average molecular weight is 583 g/mol. The van der Waals surface area contributed by atoms with E-state index < -0.39 is 18.1 Å². The molecule has 42 heavy (non-hydrogen) atoms. The molecule has 0 saturated heterocycles. The topological polar surface area (TPSA) is 139 Å². The van der Waals surface area contributed by atoms with E-state index in [2.05, 4.69) is 6.92 Å². The molecule has 4 rings (SSSR count). The smallest absolute Gasteiger partial charge is 0.478 e. The van der Waals surface area contributed by atoms with Crippen molar-refractivity contribution >= 4 is 40.6 Å². The van der Waals surface area contributed by atoms with Crippen molar-refractivity contribution < 1.29 is 37.8 Å².